The van der Waals surface area contributed by atoms with Crippen molar-refractivity contribution in [3.8, 4) is 0 Å². The molecule has 0 aliphatic carbocycles. The first-order valence-electron chi connectivity index (χ1n) is 9.05. The van der Waals surface area contributed by atoms with Crippen molar-refractivity contribution >= 4 is 23.9 Å². The molecular weight excluding hydrogens is 384 g/mol. The van der Waals surface area contributed by atoms with E-state index in [0.29, 0.717) is 0 Å². The van der Waals surface area contributed by atoms with Gasteiger partial charge < -0.3 is 24.1 Å². The average Bonchev–Trinajstić information content (AvgIpc) is 2.62. The minimum Gasteiger partial charge on any atom is -0.458 e. The first-order chi connectivity index (χ1) is 13.4. The number of aliphatic hydroxyl groups is 1. The monoisotopic (exact) mass is 414 g/mol. The minimum absolute atomic E-state index is 0.0432. The van der Waals surface area contributed by atoms with Gasteiger partial charge in [-0.25, -0.2) is 9.59 Å². The molecule has 0 saturated heterocycles. The van der Waals surface area contributed by atoms with E-state index in [-0.39, 0.29) is 50.2 Å². The van der Waals surface area contributed by atoms with Gasteiger partial charge in [0.1, 0.15) is 18.8 Å². The fourth-order valence-corrected chi connectivity index (χ4v) is 1.71. The number of carbonyl (C=O) groups excluding carboxylic acids is 4. The van der Waals surface area contributed by atoms with Crippen LogP contribution >= 0.6 is 0 Å². The first-order valence-corrected chi connectivity index (χ1v) is 9.05. The Hall–Kier alpha value is -2.68. The molecule has 0 rings (SSSR count). The maximum Gasteiger partial charge on any atom is 0.333 e. The Balaban J connectivity index is 4.58. The smallest absolute Gasteiger partial charge is 0.333 e. The molecule has 0 spiro atoms. The van der Waals surface area contributed by atoms with Gasteiger partial charge in [-0.3, -0.25) is 9.59 Å². The third kappa shape index (κ3) is 12.4. The molecule has 0 fully saturated rings. The van der Waals surface area contributed by atoms with Gasteiger partial charge in [0.25, 0.3) is 0 Å². The molecule has 0 unspecified atom stereocenters. The predicted octanol–water partition coefficient (Wildman–Crippen LogP) is 1.62. The highest BCUT2D eigenvalue weighted by atomic mass is 16.6. The van der Waals surface area contributed by atoms with Crippen molar-refractivity contribution in [1.82, 2.24) is 0 Å². The van der Waals surface area contributed by atoms with Crippen molar-refractivity contribution in [1.29, 1.82) is 0 Å². The van der Waals surface area contributed by atoms with E-state index in [2.05, 4.69) is 13.2 Å². The Bertz CT molecular complexity index is 604. The molecule has 1 N–H and O–H groups in total. The van der Waals surface area contributed by atoms with Crippen LogP contribution in [0.2, 0.25) is 0 Å². The van der Waals surface area contributed by atoms with Crippen molar-refractivity contribution in [3.63, 3.8) is 0 Å². The average molecular weight is 414 g/mol. The summed E-state index contributed by atoms with van der Waals surface area (Å²) in [6, 6.07) is 0. The van der Waals surface area contributed by atoms with Crippen molar-refractivity contribution in [2.45, 2.75) is 58.7 Å². The molecule has 0 radical (unpaired) electrons. The minimum atomic E-state index is -1.02. The van der Waals surface area contributed by atoms with E-state index in [1.807, 2.05) is 0 Å². The van der Waals surface area contributed by atoms with Gasteiger partial charge in [0.15, 0.2) is 6.10 Å². The van der Waals surface area contributed by atoms with E-state index in [0.717, 1.165) is 0 Å². The van der Waals surface area contributed by atoms with Gasteiger partial charge in [-0.05, 0) is 34.1 Å². The number of rotatable bonds is 13. The molecule has 0 aliphatic heterocycles. The Morgan fingerprint density at radius 2 is 1.34 bits per heavy atom. The molecule has 0 aromatic heterocycles. The van der Waals surface area contributed by atoms with Crippen LogP contribution in [0.5, 0.6) is 0 Å². The fraction of sp³-hybridized carbons (Fsp3) is 0.600. The molecule has 0 aromatic carbocycles. The summed E-state index contributed by atoms with van der Waals surface area (Å²) in [5, 5.41) is 9.07. The SMILES string of the molecule is C=C(C)C(=O)OCC(COC(=O)C(=C)C)OC(=O)CCCC(=O)OC(C)(C)CO. The molecule has 164 valence electrons. The third-order valence-electron chi connectivity index (χ3n) is 3.33. The van der Waals surface area contributed by atoms with E-state index >= 15 is 0 Å². The molecule has 0 heterocycles. The van der Waals surface area contributed by atoms with Crippen LogP contribution in [-0.4, -0.2) is 60.5 Å². The number of carbonyl (C=O) groups is 4. The second-order valence-electron chi connectivity index (χ2n) is 7.11. The van der Waals surface area contributed by atoms with Gasteiger partial charge in [-0.1, -0.05) is 13.2 Å². The van der Waals surface area contributed by atoms with Crippen molar-refractivity contribution in [2.75, 3.05) is 19.8 Å². The van der Waals surface area contributed by atoms with Gasteiger partial charge >= 0.3 is 23.9 Å². The fourth-order valence-electron chi connectivity index (χ4n) is 1.71. The molecule has 0 bridgehead atoms. The van der Waals surface area contributed by atoms with Crippen LogP contribution in [0.1, 0.15) is 47.0 Å². The van der Waals surface area contributed by atoms with Crippen molar-refractivity contribution in [3.05, 3.63) is 24.3 Å². The summed E-state index contributed by atoms with van der Waals surface area (Å²) in [7, 11) is 0. The van der Waals surface area contributed by atoms with Crippen LogP contribution < -0.4 is 0 Å². The second kappa shape index (κ2) is 12.7. The Labute approximate surface area is 170 Å². The number of hydrogen-bond donors (Lipinski definition) is 1. The maximum absolute atomic E-state index is 12.0. The molecule has 9 nitrogen and oxygen atoms in total. The van der Waals surface area contributed by atoms with Crippen molar-refractivity contribution in [2.24, 2.45) is 0 Å². The van der Waals surface area contributed by atoms with Gasteiger partial charge in [0.2, 0.25) is 0 Å². The van der Waals surface area contributed by atoms with E-state index in [9.17, 15) is 19.2 Å². The Kier molecular flexibility index (Phi) is 11.5. The lowest BCUT2D eigenvalue weighted by Gasteiger charge is -2.22. The highest BCUT2D eigenvalue weighted by Gasteiger charge is 2.23. The van der Waals surface area contributed by atoms with Crippen LogP contribution in [0, 0.1) is 0 Å². The summed E-state index contributed by atoms with van der Waals surface area (Å²) in [6.07, 6.45) is -1.01. The molecule has 0 aliphatic rings. The first kappa shape index (κ1) is 26.3. The predicted molar refractivity (Wildman–Crippen MR) is 103 cm³/mol. The molecular formula is C20H30O9. The summed E-state index contributed by atoms with van der Waals surface area (Å²) in [5.74, 6) is -2.57. The normalized spacial score (nSPS) is 10.8. The summed E-state index contributed by atoms with van der Waals surface area (Å²) >= 11 is 0. The van der Waals surface area contributed by atoms with Crippen LogP contribution in [0.4, 0.5) is 0 Å². The zero-order valence-electron chi connectivity index (χ0n) is 17.4. The number of hydrogen-bond acceptors (Lipinski definition) is 9. The van der Waals surface area contributed by atoms with Crippen LogP contribution in [0.25, 0.3) is 0 Å². The zero-order chi connectivity index (χ0) is 22.6. The van der Waals surface area contributed by atoms with E-state index in [1.54, 1.807) is 13.8 Å². The standard InChI is InChI=1S/C20H30O9/c1-13(2)18(24)26-10-15(11-27-19(25)14(3)4)28-16(22)8-7-9-17(23)29-20(5,6)12-21/h15,21H,1,3,7-12H2,2,4-6H3. The van der Waals surface area contributed by atoms with Gasteiger partial charge in [-0.15, -0.1) is 0 Å². The largest absolute Gasteiger partial charge is 0.458 e. The summed E-state index contributed by atoms with van der Waals surface area (Å²) in [5.41, 5.74) is -0.667. The lowest BCUT2D eigenvalue weighted by Crippen LogP contribution is -2.32. The van der Waals surface area contributed by atoms with Gasteiger partial charge in [-0.2, -0.15) is 0 Å². The molecule has 29 heavy (non-hydrogen) atoms. The lowest BCUT2D eigenvalue weighted by atomic mass is 10.1. The van der Waals surface area contributed by atoms with E-state index < -0.39 is 35.6 Å². The molecule has 0 aromatic rings. The van der Waals surface area contributed by atoms with Gasteiger partial charge in [0, 0.05) is 24.0 Å². The summed E-state index contributed by atoms with van der Waals surface area (Å²) < 4.78 is 20.1. The molecule has 9 heteroatoms. The Morgan fingerprint density at radius 3 is 1.76 bits per heavy atom. The molecule has 0 atom stereocenters. The quantitative estimate of drug-likeness (QED) is 0.272. The highest BCUT2D eigenvalue weighted by molar-refractivity contribution is 5.87. The molecule has 0 amide bonds. The number of aliphatic hydroxyl groups excluding tert-OH is 1. The van der Waals surface area contributed by atoms with Crippen LogP contribution in [0.15, 0.2) is 24.3 Å². The van der Waals surface area contributed by atoms with Crippen molar-refractivity contribution < 1.29 is 43.2 Å². The number of esters is 4. The van der Waals surface area contributed by atoms with Crippen LogP contribution in [0.3, 0.4) is 0 Å². The summed E-state index contributed by atoms with van der Waals surface area (Å²) in [4.78, 5) is 46.7. The number of ether oxygens (including phenoxy) is 4. The maximum atomic E-state index is 12.0. The second-order valence-corrected chi connectivity index (χ2v) is 7.11. The summed E-state index contributed by atoms with van der Waals surface area (Å²) in [6.45, 7) is 11.9. The Morgan fingerprint density at radius 1 is 0.897 bits per heavy atom. The topological polar surface area (TPSA) is 125 Å². The van der Waals surface area contributed by atoms with E-state index in [4.69, 9.17) is 24.1 Å². The van der Waals surface area contributed by atoms with Gasteiger partial charge in [0.05, 0.1) is 6.61 Å². The lowest BCUT2D eigenvalue weighted by molar-refractivity contribution is -0.165. The zero-order valence-corrected chi connectivity index (χ0v) is 17.4. The third-order valence-corrected chi connectivity index (χ3v) is 3.33. The molecule has 0 saturated carbocycles. The highest BCUT2D eigenvalue weighted by Crippen LogP contribution is 2.11. The van der Waals surface area contributed by atoms with Crippen LogP contribution in [-0.2, 0) is 38.1 Å². The van der Waals surface area contributed by atoms with E-state index in [1.165, 1.54) is 13.8 Å².